The first kappa shape index (κ1) is 21.9. The van der Waals surface area contributed by atoms with Gasteiger partial charge in [0.1, 0.15) is 18.1 Å². The van der Waals surface area contributed by atoms with Gasteiger partial charge >= 0.3 is 0 Å². The molecular weight excluding hydrogens is 414 g/mol. The molecule has 31 heavy (non-hydrogen) atoms. The molecule has 0 aromatic heterocycles. The van der Waals surface area contributed by atoms with Crippen LogP contribution < -0.4 is 14.9 Å². The summed E-state index contributed by atoms with van der Waals surface area (Å²) in [6.07, 6.45) is 1.48. The largest absolute Gasteiger partial charge is 0.494 e. The third-order valence-electron chi connectivity index (χ3n) is 4.25. The van der Waals surface area contributed by atoms with E-state index < -0.39 is 0 Å². The molecule has 0 heterocycles. The summed E-state index contributed by atoms with van der Waals surface area (Å²) < 4.78 is 11.2. The molecule has 156 valence electrons. The number of hydrazone groups is 1. The topological polar surface area (TPSA) is 83.7 Å². The lowest BCUT2D eigenvalue weighted by atomic mass is 10.1. The first-order valence-electron chi connectivity index (χ1n) is 9.56. The highest BCUT2D eigenvalue weighted by Crippen LogP contribution is 2.22. The highest BCUT2D eigenvalue weighted by molar-refractivity contribution is 6.30. The van der Waals surface area contributed by atoms with Gasteiger partial charge in [0, 0.05) is 16.1 Å². The lowest BCUT2D eigenvalue weighted by Gasteiger charge is -2.10. The highest BCUT2D eigenvalue weighted by atomic mass is 35.5. The number of nitrogens with one attached hydrogen (secondary N) is 1. The number of halogens is 1. The van der Waals surface area contributed by atoms with Gasteiger partial charge in [0.05, 0.1) is 24.5 Å². The zero-order valence-electron chi connectivity index (χ0n) is 16.8. The van der Waals surface area contributed by atoms with Crippen LogP contribution in [0.5, 0.6) is 11.5 Å². The molecule has 3 aromatic carbocycles. The first-order valence-corrected chi connectivity index (χ1v) is 9.94. The molecule has 0 atom stereocenters. The lowest BCUT2D eigenvalue weighted by molar-refractivity contribution is 0.0955. The molecule has 0 spiro atoms. The van der Waals surface area contributed by atoms with Crippen molar-refractivity contribution in [2.24, 2.45) is 5.10 Å². The maximum atomic E-state index is 12.3. The van der Waals surface area contributed by atoms with Crippen molar-refractivity contribution in [2.45, 2.75) is 13.5 Å². The molecule has 1 N–H and O–H groups in total. The van der Waals surface area contributed by atoms with Crippen LogP contribution in [0, 0.1) is 11.3 Å². The monoisotopic (exact) mass is 433 g/mol. The van der Waals surface area contributed by atoms with Gasteiger partial charge in [-0.2, -0.15) is 10.4 Å². The quantitative estimate of drug-likeness (QED) is 0.402. The van der Waals surface area contributed by atoms with Gasteiger partial charge in [0.15, 0.2) is 0 Å². The number of benzene rings is 3. The summed E-state index contributed by atoms with van der Waals surface area (Å²) in [5.74, 6) is 0.916. The number of amides is 1. The van der Waals surface area contributed by atoms with E-state index in [0.29, 0.717) is 46.4 Å². The van der Waals surface area contributed by atoms with Crippen molar-refractivity contribution in [3.05, 3.63) is 94.0 Å². The normalized spacial score (nSPS) is 10.5. The molecule has 0 unspecified atom stereocenters. The minimum absolute atomic E-state index is 0.312. The van der Waals surface area contributed by atoms with Gasteiger partial charge in [0.25, 0.3) is 5.91 Å². The van der Waals surface area contributed by atoms with Crippen LogP contribution in [0.1, 0.15) is 34.0 Å². The predicted molar refractivity (Wildman–Crippen MR) is 120 cm³/mol. The van der Waals surface area contributed by atoms with Gasteiger partial charge < -0.3 is 9.47 Å². The number of nitrogens with zero attached hydrogens (tertiary/aromatic N) is 2. The van der Waals surface area contributed by atoms with E-state index in [1.165, 1.54) is 6.21 Å². The zero-order valence-corrected chi connectivity index (χ0v) is 17.6. The number of ether oxygens (including phenoxy) is 2. The zero-order chi connectivity index (χ0) is 22.1. The minimum Gasteiger partial charge on any atom is -0.494 e. The summed E-state index contributed by atoms with van der Waals surface area (Å²) in [6.45, 7) is 2.77. The Morgan fingerprint density at radius 2 is 1.84 bits per heavy atom. The van der Waals surface area contributed by atoms with Gasteiger partial charge in [-0.3, -0.25) is 4.79 Å². The maximum Gasteiger partial charge on any atom is 0.271 e. The SMILES string of the molecule is CCOc1ccc(C(=O)N/N=C\c2cc(Cl)ccc2OCc2ccc(C#N)cc2)cc1. The molecule has 0 fully saturated rings. The average molecular weight is 434 g/mol. The van der Waals surface area contributed by atoms with Crippen molar-refractivity contribution in [2.75, 3.05) is 6.61 Å². The Morgan fingerprint density at radius 3 is 2.52 bits per heavy atom. The van der Waals surface area contributed by atoms with Crippen molar-refractivity contribution in [3.8, 4) is 17.6 Å². The van der Waals surface area contributed by atoms with Gasteiger partial charge in [-0.05, 0) is 67.1 Å². The van der Waals surface area contributed by atoms with Crippen LogP contribution in [-0.4, -0.2) is 18.7 Å². The number of hydrogen-bond acceptors (Lipinski definition) is 5. The molecule has 1 amide bonds. The van der Waals surface area contributed by atoms with Crippen LogP contribution in [0.2, 0.25) is 5.02 Å². The summed E-state index contributed by atoms with van der Waals surface area (Å²) >= 11 is 6.10. The van der Waals surface area contributed by atoms with Crippen molar-refractivity contribution in [1.82, 2.24) is 5.43 Å². The fourth-order valence-electron chi connectivity index (χ4n) is 2.68. The van der Waals surface area contributed by atoms with Crippen molar-refractivity contribution in [1.29, 1.82) is 5.26 Å². The van der Waals surface area contributed by atoms with E-state index in [0.717, 1.165) is 5.56 Å². The van der Waals surface area contributed by atoms with Crippen molar-refractivity contribution < 1.29 is 14.3 Å². The van der Waals surface area contributed by atoms with E-state index in [-0.39, 0.29) is 5.91 Å². The van der Waals surface area contributed by atoms with Gasteiger partial charge in [-0.25, -0.2) is 5.43 Å². The molecule has 0 saturated heterocycles. The number of nitriles is 1. The first-order chi connectivity index (χ1) is 15.1. The van der Waals surface area contributed by atoms with E-state index in [2.05, 4.69) is 16.6 Å². The number of carbonyl (C=O) groups excluding carboxylic acids is 1. The highest BCUT2D eigenvalue weighted by Gasteiger charge is 2.06. The van der Waals surface area contributed by atoms with Crippen LogP contribution in [0.25, 0.3) is 0 Å². The Labute approximate surface area is 185 Å². The van der Waals surface area contributed by atoms with E-state index in [1.807, 2.05) is 19.1 Å². The Balaban J connectivity index is 1.64. The molecular formula is C24H20ClN3O3. The molecule has 3 rings (SSSR count). The molecule has 6 nitrogen and oxygen atoms in total. The predicted octanol–water partition coefficient (Wildman–Crippen LogP) is 4.95. The molecule has 0 aliphatic rings. The lowest BCUT2D eigenvalue weighted by Crippen LogP contribution is -2.17. The molecule has 3 aromatic rings. The smallest absolute Gasteiger partial charge is 0.271 e. The van der Waals surface area contributed by atoms with Crippen LogP contribution >= 0.6 is 11.6 Å². The van der Waals surface area contributed by atoms with Gasteiger partial charge in [0.2, 0.25) is 0 Å². The second-order valence-corrected chi connectivity index (χ2v) is 6.87. The number of rotatable bonds is 8. The van der Waals surface area contributed by atoms with Crippen LogP contribution in [0.3, 0.4) is 0 Å². The number of hydrogen-bond donors (Lipinski definition) is 1. The summed E-state index contributed by atoms with van der Waals surface area (Å²) in [5.41, 5.74) is 5.08. The molecule has 0 aliphatic carbocycles. The van der Waals surface area contributed by atoms with Crippen LogP contribution in [0.4, 0.5) is 0 Å². The summed E-state index contributed by atoms with van der Waals surface area (Å²) in [7, 11) is 0. The van der Waals surface area contributed by atoms with E-state index >= 15 is 0 Å². The molecule has 0 saturated carbocycles. The summed E-state index contributed by atoms with van der Waals surface area (Å²) in [4.78, 5) is 12.3. The van der Waals surface area contributed by atoms with Crippen LogP contribution in [-0.2, 0) is 6.61 Å². The van der Waals surface area contributed by atoms with Gasteiger partial charge in [-0.1, -0.05) is 23.7 Å². The fraction of sp³-hybridized carbons (Fsp3) is 0.125. The minimum atomic E-state index is -0.346. The standard InChI is InChI=1S/C24H20ClN3O3/c1-2-30-22-10-7-19(8-11-22)24(29)28-27-15-20-13-21(25)9-12-23(20)31-16-18-5-3-17(14-26)4-6-18/h3-13,15H,2,16H2,1H3,(H,28,29)/b27-15-. The number of carbonyl (C=O) groups is 1. The second kappa shape index (κ2) is 10.8. The van der Waals surface area contributed by atoms with Gasteiger partial charge in [-0.15, -0.1) is 0 Å². The van der Waals surface area contributed by atoms with Crippen LogP contribution in [0.15, 0.2) is 71.8 Å². The molecule has 0 radical (unpaired) electrons. The Morgan fingerprint density at radius 1 is 1.10 bits per heavy atom. The van der Waals surface area contributed by atoms with Crippen molar-refractivity contribution >= 4 is 23.7 Å². The second-order valence-electron chi connectivity index (χ2n) is 6.44. The fourth-order valence-corrected chi connectivity index (χ4v) is 2.86. The molecule has 7 heteroatoms. The summed E-state index contributed by atoms with van der Waals surface area (Å²) in [5, 5.41) is 13.4. The summed E-state index contributed by atoms with van der Waals surface area (Å²) in [6, 6.07) is 21.2. The average Bonchev–Trinajstić information content (AvgIpc) is 2.79. The van der Waals surface area contributed by atoms with Crippen molar-refractivity contribution in [3.63, 3.8) is 0 Å². The Hall–Kier alpha value is -3.82. The maximum absolute atomic E-state index is 12.3. The Kier molecular flexibility index (Phi) is 7.63. The molecule has 0 bridgehead atoms. The van der Waals surface area contributed by atoms with E-state index in [9.17, 15) is 4.79 Å². The van der Waals surface area contributed by atoms with E-state index in [1.54, 1.807) is 54.6 Å². The third kappa shape index (κ3) is 6.33. The third-order valence-corrected chi connectivity index (χ3v) is 4.48. The Bertz CT molecular complexity index is 1100. The van der Waals surface area contributed by atoms with E-state index in [4.69, 9.17) is 26.3 Å². The molecule has 0 aliphatic heterocycles.